The van der Waals surface area contributed by atoms with E-state index in [9.17, 15) is 13.2 Å². The van der Waals surface area contributed by atoms with E-state index >= 15 is 0 Å². The van der Waals surface area contributed by atoms with E-state index in [1.54, 1.807) is 43.3 Å². The van der Waals surface area contributed by atoms with Gasteiger partial charge in [-0.2, -0.15) is 8.42 Å². The number of benzene rings is 2. The van der Waals surface area contributed by atoms with Gasteiger partial charge in [-0.3, -0.25) is 0 Å². The van der Waals surface area contributed by atoms with Crippen molar-refractivity contribution in [2.75, 3.05) is 19.5 Å². The molecule has 0 spiro atoms. The molecule has 0 saturated heterocycles. The van der Waals surface area contributed by atoms with Crippen LogP contribution in [0.2, 0.25) is 0 Å². The van der Waals surface area contributed by atoms with Gasteiger partial charge in [0.05, 0.1) is 12.9 Å². The predicted octanol–water partition coefficient (Wildman–Crippen LogP) is -1.32. The Morgan fingerprint density at radius 1 is 1.00 bits per heavy atom. The molecule has 2 rings (SSSR count). The first-order chi connectivity index (χ1) is 13.3. The first kappa shape index (κ1) is 31.1. The number of hydrogen-bond donors (Lipinski definition) is 1. The SMILES string of the molecule is CCO[C@@H](Cc1ccc(OCCc2ccc(OS(C)(=O)=O)cc2)cc1)C(=O)O.O.[Li+].[OH-]. The number of carboxylic acids is 1. The summed E-state index contributed by atoms with van der Waals surface area (Å²) in [6.45, 7) is 2.56. The maximum absolute atomic E-state index is 11.1. The van der Waals surface area contributed by atoms with Gasteiger partial charge in [-0.05, 0) is 42.3 Å². The van der Waals surface area contributed by atoms with Gasteiger partial charge in [0, 0.05) is 19.4 Å². The molecule has 0 bridgehead atoms. The number of ether oxygens (including phenoxy) is 2. The van der Waals surface area contributed by atoms with Crippen molar-refractivity contribution in [1.82, 2.24) is 0 Å². The quantitative estimate of drug-likeness (QED) is 0.326. The van der Waals surface area contributed by atoms with E-state index < -0.39 is 22.2 Å². The molecular formula is C20H27LiO9S. The second-order valence-electron chi connectivity index (χ2n) is 6.16. The number of rotatable bonds is 11. The second kappa shape index (κ2) is 14.9. The minimum atomic E-state index is -3.53. The van der Waals surface area contributed by atoms with Gasteiger partial charge < -0.3 is 29.7 Å². The third-order valence-corrected chi connectivity index (χ3v) is 4.31. The Hall–Kier alpha value is -2.06. The van der Waals surface area contributed by atoms with E-state index in [-0.39, 0.29) is 35.6 Å². The van der Waals surface area contributed by atoms with Crippen LogP contribution in [0, 0.1) is 0 Å². The van der Waals surface area contributed by atoms with Crippen LogP contribution in [0.25, 0.3) is 0 Å². The van der Waals surface area contributed by atoms with E-state index in [4.69, 9.17) is 18.8 Å². The zero-order valence-electron chi connectivity index (χ0n) is 17.8. The van der Waals surface area contributed by atoms with Gasteiger partial charge >= 0.3 is 34.9 Å². The molecule has 0 unspecified atom stereocenters. The summed E-state index contributed by atoms with van der Waals surface area (Å²) in [6, 6.07) is 14.0. The van der Waals surface area contributed by atoms with Gasteiger partial charge in [-0.15, -0.1) is 0 Å². The minimum absolute atomic E-state index is 0. The van der Waals surface area contributed by atoms with Crippen LogP contribution in [-0.4, -0.2) is 56.0 Å². The van der Waals surface area contributed by atoms with Crippen molar-refractivity contribution in [3.8, 4) is 11.5 Å². The predicted molar refractivity (Wildman–Crippen MR) is 110 cm³/mol. The van der Waals surface area contributed by atoms with Gasteiger partial charge in [0.1, 0.15) is 11.5 Å². The van der Waals surface area contributed by atoms with Crippen LogP contribution in [0.4, 0.5) is 0 Å². The fourth-order valence-corrected chi connectivity index (χ4v) is 2.99. The van der Waals surface area contributed by atoms with Crippen LogP contribution in [0.15, 0.2) is 48.5 Å². The topological polar surface area (TPSA) is 161 Å². The molecule has 0 aliphatic heterocycles. The molecule has 31 heavy (non-hydrogen) atoms. The molecule has 0 aromatic heterocycles. The summed E-state index contributed by atoms with van der Waals surface area (Å²) < 4.78 is 37.9. The molecule has 0 amide bonds. The molecule has 4 N–H and O–H groups in total. The minimum Gasteiger partial charge on any atom is -0.870 e. The third-order valence-electron chi connectivity index (χ3n) is 3.82. The fraction of sp³-hybridized carbons (Fsp3) is 0.350. The van der Waals surface area contributed by atoms with E-state index in [1.807, 2.05) is 12.1 Å². The monoisotopic (exact) mass is 450 g/mol. The molecule has 0 heterocycles. The molecule has 9 nitrogen and oxygen atoms in total. The van der Waals surface area contributed by atoms with Crippen LogP contribution < -0.4 is 27.8 Å². The average Bonchev–Trinajstić information content (AvgIpc) is 2.63. The maximum atomic E-state index is 11.1. The van der Waals surface area contributed by atoms with Crippen molar-refractivity contribution >= 4 is 16.1 Å². The average molecular weight is 450 g/mol. The molecule has 2 aromatic carbocycles. The van der Waals surface area contributed by atoms with Gasteiger partial charge in [0.15, 0.2) is 6.10 Å². The van der Waals surface area contributed by atoms with Crippen LogP contribution in [0.5, 0.6) is 11.5 Å². The van der Waals surface area contributed by atoms with Crippen molar-refractivity contribution in [2.45, 2.75) is 25.9 Å². The molecule has 0 saturated carbocycles. The van der Waals surface area contributed by atoms with Crippen molar-refractivity contribution in [3.05, 3.63) is 59.7 Å². The number of aliphatic carboxylic acids is 1. The molecule has 2 aromatic rings. The first-order valence-corrected chi connectivity index (χ1v) is 10.6. The van der Waals surface area contributed by atoms with Crippen molar-refractivity contribution in [3.63, 3.8) is 0 Å². The Bertz CT molecular complexity index is 869. The van der Waals surface area contributed by atoms with Gasteiger partial charge in [-0.1, -0.05) is 24.3 Å². The Morgan fingerprint density at radius 3 is 2.00 bits per heavy atom. The van der Waals surface area contributed by atoms with Crippen LogP contribution in [-0.2, 0) is 32.5 Å². The molecule has 0 aliphatic carbocycles. The first-order valence-electron chi connectivity index (χ1n) is 8.81. The van der Waals surface area contributed by atoms with Crippen LogP contribution in [0.1, 0.15) is 18.1 Å². The van der Waals surface area contributed by atoms with Gasteiger partial charge in [-0.25, -0.2) is 4.79 Å². The van der Waals surface area contributed by atoms with E-state index in [1.165, 1.54) is 0 Å². The Labute approximate surface area is 194 Å². The normalized spacial score (nSPS) is 11.2. The largest absolute Gasteiger partial charge is 1.00 e. The zero-order chi connectivity index (χ0) is 20.6. The Kier molecular flexibility index (Phi) is 14.9. The second-order valence-corrected chi connectivity index (χ2v) is 7.74. The summed E-state index contributed by atoms with van der Waals surface area (Å²) in [5.74, 6) is -0.0197. The van der Waals surface area contributed by atoms with E-state index in [0.29, 0.717) is 31.8 Å². The number of carbonyl (C=O) groups is 1. The fourth-order valence-electron chi connectivity index (χ4n) is 2.53. The Balaban J connectivity index is 0. The van der Waals surface area contributed by atoms with E-state index in [0.717, 1.165) is 17.4 Å². The standard InChI is InChI=1S/C20H24O7S.Li.2H2O/c1-3-25-19(20(21)22)14-16-6-8-17(9-7-16)26-13-12-15-4-10-18(11-5-15)27-28(2,23)24;;;/h4-11,19H,3,12-14H2,1-2H3,(H,21,22);;2*1H2/q;+1;;/p-1/t19-;;;/m0.../s1. The summed E-state index contributed by atoms with van der Waals surface area (Å²) >= 11 is 0. The zero-order valence-corrected chi connectivity index (χ0v) is 18.6. The van der Waals surface area contributed by atoms with Crippen molar-refractivity contribution in [1.29, 1.82) is 0 Å². The number of hydrogen-bond acceptors (Lipinski definition) is 7. The molecule has 1 atom stereocenters. The number of carboxylic acid groups (broad SMARTS) is 1. The molecule has 0 aliphatic rings. The summed E-state index contributed by atoms with van der Waals surface area (Å²) in [5, 5.41) is 9.13. The molecule has 11 heteroatoms. The molecular weight excluding hydrogens is 423 g/mol. The summed E-state index contributed by atoms with van der Waals surface area (Å²) in [4.78, 5) is 11.1. The van der Waals surface area contributed by atoms with Crippen molar-refractivity contribution < 1.29 is 61.8 Å². The van der Waals surface area contributed by atoms with Crippen molar-refractivity contribution in [2.24, 2.45) is 0 Å². The van der Waals surface area contributed by atoms with Gasteiger partial charge in [0.25, 0.3) is 0 Å². The van der Waals surface area contributed by atoms with Crippen LogP contribution >= 0.6 is 0 Å². The molecule has 168 valence electrons. The maximum Gasteiger partial charge on any atom is 1.00 e. The summed E-state index contributed by atoms with van der Waals surface area (Å²) in [6.07, 6.45) is 1.09. The summed E-state index contributed by atoms with van der Waals surface area (Å²) in [5.41, 5.74) is 1.84. The van der Waals surface area contributed by atoms with Crippen LogP contribution in [0.3, 0.4) is 0 Å². The smallest absolute Gasteiger partial charge is 0.870 e. The molecule has 0 fully saturated rings. The van der Waals surface area contributed by atoms with Gasteiger partial charge in [0.2, 0.25) is 0 Å². The Morgan fingerprint density at radius 2 is 1.52 bits per heavy atom. The van der Waals surface area contributed by atoms with E-state index in [2.05, 4.69) is 0 Å². The summed E-state index contributed by atoms with van der Waals surface area (Å²) in [7, 11) is -3.53. The third kappa shape index (κ3) is 11.8. The molecule has 0 radical (unpaired) electrons.